The summed E-state index contributed by atoms with van der Waals surface area (Å²) < 4.78 is 37.0. The van der Waals surface area contributed by atoms with Crippen LogP contribution in [0.15, 0.2) is 27.8 Å². The van der Waals surface area contributed by atoms with Gasteiger partial charge in [-0.05, 0) is 32.9 Å². The molecule has 1 aliphatic heterocycles. The van der Waals surface area contributed by atoms with E-state index in [1.807, 2.05) is 25.7 Å². The summed E-state index contributed by atoms with van der Waals surface area (Å²) in [6.07, 6.45) is 1.56. The molecular weight excluding hydrogens is 537 g/mol. The van der Waals surface area contributed by atoms with E-state index in [1.165, 1.54) is 4.31 Å². The number of halogens is 1. The maximum absolute atomic E-state index is 12.5. The lowest BCUT2D eigenvalue weighted by atomic mass is 10.4. The molecule has 10 nitrogen and oxygen atoms in total. The number of nitrogens with zero attached hydrogens (tertiary/aromatic N) is 3. The van der Waals surface area contributed by atoms with E-state index in [1.54, 1.807) is 18.4 Å². The molecule has 1 aromatic heterocycles. The summed E-state index contributed by atoms with van der Waals surface area (Å²) in [6, 6.07) is 3.55. The molecule has 0 spiro atoms. The molecule has 1 aromatic rings. The van der Waals surface area contributed by atoms with Gasteiger partial charge in [0.25, 0.3) is 0 Å². The van der Waals surface area contributed by atoms with Crippen molar-refractivity contribution in [3.05, 3.63) is 24.2 Å². The fourth-order valence-corrected chi connectivity index (χ4v) is 4.21. The number of carbonyl (C=O) groups is 1. The first kappa shape index (κ1) is 27.7. The highest BCUT2D eigenvalue weighted by Crippen LogP contribution is 2.09. The van der Waals surface area contributed by atoms with Crippen LogP contribution in [-0.2, 0) is 26.1 Å². The summed E-state index contributed by atoms with van der Waals surface area (Å²) in [5.74, 6) is 1.05. The highest BCUT2D eigenvalue weighted by atomic mass is 127. The first-order chi connectivity index (χ1) is 14.3. The van der Waals surface area contributed by atoms with E-state index in [-0.39, 0.29) is 54.9 Å². The van der Waals surface area contributed by atoms with Crippen LogP contribution in [0.25, 0.3) is 0 Å². The summed E-state index contributed by atoms with van der Waals surface area (Å²) in [7, 11) is -3.35. The van der Waals surface area contributed by atoms with Crippen molar-refractivity contribution in [3.63, 3.8) is 0 Å². The molecule has 0 aliphatic carbocycles. The van der Waals surface area contributed by atoms with E-state index < -0.39 is 10.0 Å². The average Bonchev–Trinajstić information content (AvgIpc) is 3.23. The van der Waals surface area contributed by atoms with Crippen LogP contribution < -0.4 is 10.6 Å². The van der Waals surface area contributed by atoms with Crippen LogP contribution >= 0.6 is 24.0 Å². The summed E-state index contributed by atoms with van der Waals surface area (Å²) in [5.41, 5.74) is 0. The fourth-order valence-electron chi connectivity index (χ4n) is 2.92. The Balaban J connectivity index is 0.00000480. The maximum atomic E-state index is 12.5. The van der Waals surface area contributed by atoms with Crippen LogP contribution in [0.2, 0.25) is 0 Å². The Labute approximate surface area is 201 Å². The quantitative estimate of drug-likeness (QED) is 0.243. The number of amides is 1. The Kier molecular flexibility index (Phi) is 12.4. The van der Waals surface area contributed by atoms with Crippen molar-refractivity contribution in [2.45, 2.75) is 33.4 Å². The minimum atomic E-state index is -3.35. The smallest absolute Gasteiger partial charge is 0.242 e. The number of piperazine rings is 1. The topological polar surface area (TPSA) is 116 Å². The SMILES string of the molecule is CCNC(=NCC(=O)NCc1ccco1)N1CCN(S(=O)(=O)CCOC(C)C)CC1.I. The number of hydrogen-bond donors (Lipinski definition) is 2. The minimum Gasteiger partial charge on any atom is -0.467 e. The number of aliphatic imine (C=N–C) groups is 1. The standard InChI is InChI=1S/C19H33N5O5S.HI/c1-4-20-19(22-15-18(25)21-14-17-6-5-11-29-17)23-7-9-24(10-8-23)30(26,27)13-12-28-16(2)3;/h5-6,11,16H,4,7-10,12-15H2,1-3H3,(H,20,22)(H,21,25);1H. The lowest BCUT2D eigenvalue weighted by Gasteiger charge is -2.35. The van der Waals surface area contributed by atoms with Gasteiger partial charge in [-0.1, -0.05) is 0 Å². The second-order valence-corrected chi connectivity index (χ2v) is 9.24. The normalized spacial score (nSPS) is 15.6. The Morgan fingerprint density at radius 2 is 1.97 bits per heavy atom. The lowest BCUT2D eigenvalue weighted by molar-refractivity contribution is -0.119. The molecule has 0 bridgehead atoms. The fraction of sp³-hybridized carbons (Fsp3) is 0.684. The predicted molar refractivity (Wildman–Crippen MR) is 130 cm³/mol. The van der Waals surface area contributed by atoms with E-state index in [0.717, 1.165) is 0 Å². The molecule has 2 rings (SSSR count). The molecule has 2 heterocycles. The molecular formula is C19H34IN5O5S. The molecule has 1 amide bonds. The second kappa shape index (κ2) is 13.9. The van der Waals surface area contributed by atoms with Gasteiger partial charge in [0.15, 0.2) is 5.96 Å². The molecule has 178 valence electrons. The third-order valence-corrected chi connectivity index (χ3v) is 6.31. The number of rotatable bonds is 10. The highest BCUT2D eigenvalue weighted by Gasteiger charge is 2.28. The van der Waals surface area contributed by atoms with Crippen molar-refractivity contribution in [1.29, 1.82) is 0 Å². The van der Waals surface area contributed by atoms with Gasteiger partial charge in [-0.3, -0.25) is 4.79 Å². The molecule has 1 fully saturated rings. The van der Waals surface area contributed by atoms with Gasteiger partial charge in [-0.25, -0.2) is 13.4 Å². The van der Waals surface area contributed by atoms with Crippen molar-refractivity contribution >= 4 is 45.9 Å². The van der Waals surface area contributed by atoms with Gasteiger partial charge in [0.1, 0.15) is 12.3 Å². The largest absolute Gasteiger partial charge is 0.467 e. The van der Waals surface area contributed by atoms with E-state index in [4.69, 9.17) is 9.15 Å². The van der Waals surface area contributed by atoms with Crippen molar-refractivity contribution in [1.82, 2.24) is 19.8 Å². The van der Waals surface area contributed by atoms with Gasteiger partial charge in [-0.2, -0.15) is 4.31 Å². The molecule has 12 heteroatoms. The van der Waals surface area contributed by atoms with E-state index >= 15 is 0 Å². The van der Waals surface area contributed by atoms with Crippen molar-refractivity contribution in [2.24, 2.45) is 4.99 Å². The number of carbonyl (C=O) groups excluding carboxylic acids is 1. The van der Waals surface area contributed by atoms with Gasteiger partial charge >= 0.3 is 0 Å². The van der Waals surface area contributed by atoms with Gasteiger partial charge in [0.05, 0.1) is 31.3 Å². The Morgan fingerprint density at radius 3 is 2.55 bits per heavy atom. The third kappa shape index (κ3) is 9.74. The van der Waals surface area contributed by atoms with Crippen molar-refractivity contribution in [3.8, 4) is 0 Å². The zero-order chi connectivity index (χ0) is 22.0. The zero-order valence-corrected chi connectivity index (χ0v) is 21.5. The zero-order valence-electron chi connectivity index (χ0n) is 18.4. The highest BCUT2D eigenvalue weighted by molar-refractivity contribution is 14.0. The number of hydrogen-bond acceptors (Lipinski definition) is 6. The van der Waals surface area contributed by atoms with Gasteiger partial charge in [0, 0.05) is 32.7 Å². The van der Waals surface area contributed by atoms with Crippen LogP contribution in [0.1, 0.15) is 26.5 Å². The molecule has 0 saturated carbocycles. The van der Waals surface area contributed by atoms with Gasteiger partial charge < -0.3 is 24.7 Å². The second-order valence-electron chi connectivity index (χ2n) is 7.15. The molecule has 0 atom stereocenters. The van der Waals surface area contributed by atoms with Crippen LogP contribution in [0.3, 0.4) is 0 Å². The summed E-state index contributed by atoms with van der Waals surface area (Å²) in [4.78, 5) is 18.4. The minimum absolute atomic E-state index is 0. The average molecular weight is 571 g/mol. The summed E-state index contributed by atoms with van der Waals surface area (Å²) in [5, 5.41) is 5.92. The third-order valence-electron chi connectivity index (χ3n) is 4.47. The summed E-state index contributed by atoms with van der Waals surface area (Å²) in [6.45, 7) is 8.60. The van der Waals surface area contributed by atoms with E-state index in [2.05, 4.69) is 15.6 Å². The van der Waals surface area contributed by atoms with Crippen LogP contribution in [-0.4, -0.2) is 87.2 Å². The van der Waals surface area contributed by atoms with Crippen molar-refractivity contribution in [2.75, 3.05) is 51.6 Å². The number of nitrogens with one attached hydrogen (secondary N) is 2. The molecule has 1 saturated heterocycles. The number of ether oxygens (including phenoxy) is 1. The maximum Gasteiger partial charge on any atom is 0.242 e. The lowest BCUT2D eigenvalue weighted by Crippen LogP contribution is -2.54. The van der Waals surface area contributed by atoms with Crippen LogP contribution in [0, 0.1) is 0 Å². The van der Waals surface area contributed by atoms with E-state index in [0.29, 0.717) is 51.0 Å². The Hall–Kier alpha value is -1.38. The Bertz CT molecular complexity index is 778. The van der Waals surface area contributed by atoms with Crippen LogP contribution in [0.4, 0.5) is 0 Å². The number of guanidine groups is 1. The van der Waals surface area contributed by atoms with Gasteiger partial charge in [0.2, 0.25) is 15.9 Å². The molecule has 2 N–H and O–H groups in total. The molecule has 0 radical (unpaired) electrons. The monoisotopic (exact) mass is 571 g/mol. The van der Waals surface area contributed by atoms with Crippen molar-refractivity contribution < 1.29 is 22.4 Å². The van der Waals surface area contributed by atoms with E-state index in [9.17, 15) is 13.2 Å². The number of furan rings is 1. The predicted octanol–water partition coefficient (Wildman–Crippen LogP) is 0.852. The van der Waals surface area contributed by atoms with Crippen LogP contribution in [0.5, 0.6) is 0 Å². The molecule has 31 heavy (non-hydrogen) atoms. The molecule has 1 aliphatic rings. The molecule has 0 unspecified atom stereocenters. The molecule has 0 aromatic carbocycles. The summed E-state index contributed by atoms with van der Waals surface area (Å²) >= 11 is 0. The first-order valence-electron chi connectivity index (χ1n) is 10.2. The number of sulfonamides is 1. The van der Waals surface area contributed by atoms with Gasteiger partial charge in [-0.15, -0.1) is 24.0 Å². The first-order valence-corrected chi connectivity index (χ1v) is 11.8. The Morgan fingerprint density at radius 1 is 1.26 bits per heavy atom.